The third-order valence-electron chi connectivity index (χ3n) is 5.07. The van der Waals surface area contributed by atoms with E-state index in [0.29, 0.717) is 11.5 Å². The van der Waals surface area contributed by atoms with Crippen molar-refractivity contribution in [1.29, 1.82) is 0 Å². The Hall–Kier alpha value is -3.40. The molecule has 0 aromatic heterocycles. The molecule has 0 spiro atoms. The van der Waals surface area contributed by atoms with Crippen molar-refractivity contribution in [1.82, 2.24) is 10.9 Å². The number of carbonyl (C=O) groups is 2. The van der Waals surface area contributed by atoms with Gasteiger partial charge in [-0.2, -0.15) is 0 Å². The summed E-state index contributed by atoms with van der Waals surface area (Å²) in [5, 5.41) is 0. The molecule has 2 N–H and O–H groups in total. The van der Waals surface area contributed by atoms with Crippen LogP contribution in [0.2, 0.25) is 0 Å². The molecule has 1 unspecified atom stereocenters. The van der Waals surface area contributed by atoms with Gasteiger partial charge in [-0.3, -0.25) is 20.4 Å². The minimum atomic E-state index is -0.362. The number of hydrogen-bond donors (Lipinski definition) is 2. The zero-order chi connectivity index (χ0) is 21.5. The number of nitrogens with one attached hydrogen (secondary N) is 2. The fraction of sp³-hybridized carbons (Fsp3) is 0.231. The molecule has 0 radical (unpaired) electrons. The van der Waals surface area contributed by atoms with Gasteiger partial charge in [0.2, 0.25) is 5.91 Å². The summed E-state index contributed by atoms with van der Waals surface area (Å²) in [5.74, 6) is -0.365. The predicted molar refractivity (Wildman–Crippen MR) is 121 cm³/mol. The van der Waals surface area contributed by atoms with Crippen molar-refractivity contribution in [3.63, 3.8) is 0 Å². The van der Waals surface area contributed by atoms with Crippen LogP contribution in [-0.2, 0) is 11.2 Å². The van der Waals surface area contributed by atoms with E-state index in [0.717, 1.165) is 23.1 Å². The number of carbonyl (C=O) groups excluding carboxylic acids is 2. The highest BCUT2D eigenvalue weighted by atomic mass is 16.2. The van der Waals surface area contributed by atoms with Gasteiger partial charge < -0.3 is 0 Å². The molecular formula is C26H28N2O2. The van der Waals surface area contributed by atoms with Crippen LogP contribution in [0.4, 0.5) is 0 Å². The standard InChI is InChI=1S/C26H28N2O2/c1-18(2)17-20-9-11-21(12-10-20)19(3)25(29)27-28-26(30)24-15-13-23(14-16-24)22-7-5-4-6-8-22/h4-16,18-19H,17H2,1-3H3,(H,27,29)(H,28,30). The summed E-state index contributed by atoms with van der Waals surface area (Å²) >= 11 is 0. The van der Waals surface area contributed by atoms with E-state index in [-0.39, 0.29) is 17.7 Å². The molecule has 0 aliphatic carbocycles. The monoisotopic (exact) mass is 400 g/mol. The molecule has 4 nitrogen and oxygen atoms in total. The third-order valence-corrected chi connectivity index (χ3v) is 5.07. The zero-order valence-corrected chi connectivity index (χ0v) is 17.7. The molecule has 0 fully saturated rings. The molecule has 0 saturated heterocycles. The predicted octanol–water partition coefficient (Wildman–Crippen LogP) is 5.12. The highest BCUT2D eigenvalue weighted by molar-refractivity contribution is 5.96. The number of rotatable bonds is 6. The minimum Gasteiger partial charge on any atom is -0.273 e. The smallest absolute Gasteiger partial charge is 0.269 e. The van der Waals surface area contributed by atoms with Crippen LogP contribution in [0.1, 0.15) is 48.2 Å². The van der Waals surface area contributed by atoms with Crippen molar-refractivity contribution in [3.8, 4) is 11.1 Å². The SMILES string of the molecule is CC(C)Cc1ccc(C(C)C(=O)NNC(=O)c2ccc(-c3ccccc3)cc2)cc1. The maximum absolute atomic E-state index is 12.5. The van der Waals surface area contributed by atoms with Crippen LogP contribution in [0, 0.1) is 5.92 Å². The third kappa shape index (κ3) is 5.57. The molecule has 0 bridgehead atoms. The van der Waals surface area contributed by atoms with E-state index in [1.807, 2.05) is 61.5 Å². The Morgan fingerprint density at radius 1 is 0.733 bits per heavy atom. The second kappa shape index (κ2) is 9.88. The van der Waals surface area contributed by atoms with Gasteiger partial charge in [0.1, 0.15) is 0 Å². The fourth-order valence-corrected chi connectivity index (χ4v) is 3.31. The first kappa shape index (κ1) is 21.3. The van der Waals surface area contributed by atoms with Crippen LogP contribution in [0.25, 0.3) is 11.1 Å². The van der Waals surface area contributed by atoms with Gasteiger partial charge in [-0.25, -0.2) is 0 Å². The van der Waals surface area contributed by atoms with Gasteiger partial charge in [0.25, 0.3) is 5.91 Å². The van der Waals surface area contributed by atoms with E-state index < -0.39 is 0 Å². The van der Waals surface area contributed by atoms with E-state index in [1.54, 1.807) is 12.1 Å². The summed E-state index contributed by atoms with van der Waals surface area (Å²) in [7, 11) is 0. The molecule has 3 aromatic rings. The first-order valence-corrected chi connectivity index (χ1v) is 10.3. The van der Waals surface area contributed by atoms with Crippen LogP contribution in [-0.4, -0.2) is 11.8 Å². The number of amides is 2. The second-order valence-electron chi connectivity index (χ2n) is 7.95. The summed E-state index contributed by atoms with van der Waals surface area (Å²) in [6.07, 6.45) is 1.01. The molecule has 30 heavy (non-hydrogen) atoms. The Balaban J connectivity index is 1.55. The summed E-state index contributed by atoms with van der Waals surface area (Å²) in [4.78, 5) is 24.8. The fourth-order valence-electron chi connectivity index (χ4n) is 3.31. The van der Waals surface area contributed by atoms with Crippen molar-refractivity contribution >= 4 is 11.8 Å². The van der Waals surface area contributed by atoms with Gasteiger partial charge in [0, 0.05) is 5.56 Å². The van der Waals surface area contributed by atoms with Crippen molar-refractivity contribution in [2.45, 2.75) is 33.1 Å². The molecule has 3 rings (SSSR count). The summed E-state index contributed by atoms with van der Waals surface area (Å²) in [6.45, 7) is 6.19. The maximum atomic E-state index is 12.5. The van der Waals surface area contributed by atoms with Gasteiger partial charge >= 0.3 is 0 Å². The van der Waals surface area contributed by atoms with Crippen LogP contribution >= 0.6 is 0 Å². The number of hydrazine groups is 1. The Bertz CT molecular complexity index is 978. The van der Waals surface area contributed by atoms with Gasteiger partial charge in [-0.1, -0.05) is 80.6 Å². The Labute approximate surface area is 178 Å². The van der Waals surface area contributed by atoms with Crippen molar-refractivity contribution in [2.75, 3.05) is 0 Å². The van der Waals surface area contributed by atoms with E-state index in [2.05, 4.69) is 36.8 Å². The Morgan fingerprint density at radius 3 is 1.93 bits per heavy atom. The number of hydrogen-bond acceptors (Lipinski definition) is 2. The molecule has 0 aliphatic heterocycles. The van der Waals surface area contributed by atoms with Gasteiger partial charge in [-0.15, -0.1) is 0 Å². The van der Waals surface area contributed by atoms with Crippen LogP contribution in [0.15, 0.2) is 78.9 Å². The quantitative estimate of drug-likeness (QED) is 0.565. The molecule has 2 amide bonds. The van der Waals surface area contributed by atoms with Crippen LogP contribution < -0.4 is 10.9 Å². The van der Waals surface area contributed by atoms with Crippen molar-refractivity contribution in [2.24, 2.45) is 5.92 Å². The highest BCUT2D eigenvalue weighted by Gasteiger charge is 2.16. The van der Waals surface area contributed by atoms with Gasteiger partial charge in [-0.05, 0) is 53.6 Å². The molecule has 0 heterocycles. The molecular weight excluding hydrogens is 372 g/mol. The van der Waals surface area contributed by atoms with Crippen LogP contribution in [0.3, 0.4) is 0 Å². The lowest BCUT2D eigenvalue weighted by molar-refractivity contribution is -0.123. The Morgan fingerprint density at radius 2 is 1.33 bits per heavy atom. The maximum Gasteiger partial charge on any atom is 0.269 e. The largest absolute Gasteiger partial charge is 0.273 e. The summed E-state index contributed by atoms with van der Waals surface area (Å²) in [6, 6.07) is 25.3. The van der Waals surface area contributed by atoms with Crippen molar-refractivity contribution in [3.05, 3.63) is 95.6 Å². The second-order valence-corrected chi connectivity index (χ2v) is 7.95. The summed E-state index contributed by atoms with van der Waals surface area (Å²) in [5.41, 5.74) is 9.83. The molecule has 3 aromatic carbocycles. The normalized spacial score (nSPS) is 11.7. The highest BCUT2D eigenvalue weighted by Crippen LogP contribution is 2.20. The van der Waals surface area contributed by atoms with Crippen molar-refractivity contribution < 1.29 is 9.59 Å². The summed E-state index contributed by atoms with van der Waals surface area (Å²) < 4.78 is 0. The van der Waals surface area contributed by atoms with E-state index in [4.69, 9.17) is 0 Å². The average molecular weight is 401 g/mol. The first-order chi connectivity index (χ1) is 14.4. The first-order valence-electron chi connectivity index (χ1n) is 10.3. The molecule has 154 valence electrons. The minimum absolute atomic E-state index is 0.249. The number of benzene rings is 3. The van der Waals surface area contributed by atoms with E-state index >= 15 is 0 Å². The van der Waals surface area contributed by atoms with E-state index in [1.165, 1.54) is 5.56 Å². The van der Waals surface area contributed by atoms with Crippen LogP contribution in [0.5, 0.6) is 0 Å². The molecule has 0 saturated carbocycles. The zero-order valence-electron chi connectivity index (χ0n) is 17.7. The lowest BCUT2D eigenvalue weighted by Crippen LogP contribution is -2.43. The molecule has 4 heteroatoms. The topological polar surface area (TPSA) is 58.2 Å². The van der Waals surface area contributed by atoms with Gasteiger partial charge in [0.15, 0.2) is 0 Å². The van der Waals surface area contributed by atoms with E-state index in [9.17, 15) is 9.59 Å². The lowest BCUT2D eigenvalue weighted by atomic mass is 9.96. The average Bonchev–Trinajstić information content (AvgIpc) is 2.77. The molecule has 1 atom stereocenters. The Kier molecular flexibility index (Phi) is 7.02. The molecule has 0 aliphatic rings. The van der Waals surface area contributed by atoms with Gasteiger partial charge in [0.05, 0.1) is 5.92 Å². The lowest BCUT2D eigenvalue weighted by Gasteiger charge is -2.14.